The number of aliphatic carboxylic acids is 2. The minimum Gasteiger partial charge on any atom is -0.550 e. The van der Waals surface area contributed by atoms with E-state index in [0.717, 1.165) is 0 Å². The van der Waals surface area contributed by atoms with Crippen molar-refractivity contribution in [2.45, 2.75) is 33.1 Å². The van der Waals surface area contributed by atoms with E-state index in [1.54, 1.807) is 13.8 Å². The van der Waals surface area contributed by atoms with E-state index in [1.807, 2.05) is 0 Å². The van der Waals surface area contributed by atoms with Gasteiger partial charge in [0, 0.05) is 17.9 Å². The van der Waals surface area contributed by atoms with Gasteiger partial charge in [-0.2, -0.15) is 0 Å². The van der Waals surface area contributed by atoms with Crippen molar-refractivity contribution in [2.75, 3.05) is 0 Å². The fourth-order valence-electron chi connectivity index (χ4n) is 1.19. The number of hydrogen-bond acceptors (Lipinski definition) is 4. The number of carbonyl (C=O) groups excluding carboxylic acids is 2. The highest BCUT2D eigenvalue weighted by atomic mass is 16.4. The lowest BCUT2D eigenvalue weighted by molar-refractivity contribution is -0.314. The van der Waals surface area contributed by atoms with Crippen LogP contribution in [0.25, 0.3) is 0 Å². The molecule has 0 amide bonds. The van der Waals surface area contributed by atoms with Gasteiger partial charge in [0.15, 0.2) is 0 Å². The van der Waals surface area contributed by atoms with Crippen LogP contribution in [-0.4, -0.2) is 11.9 Å². The van der Waals surface area contributed by atoms with Gasteiger partial charge in [-0.3, -0.25) is 0 Å². The molecule has 0 N–H and O–H groups in total. The molecule has 0 radical (unpaired) electrons. The second-order valence-corrected chi connectivity index (χ2v) is 3.43. The number of carboxylic acids is 2. The summed E-state index contributed by atoms with van der Waals surface area (Å²) in [6.45, 7) is 3.55. The summed E-state index contributed by atoms with van der Waals surface area (Å²) in [7, 11) is 0. The third-order valence-corrected chi connectivity index (χ3v) is 2.00. The summed E-state index contributed by atoms with van der Waals surface area (Å²) >= 11 is 0. The number of hydrogen-bond donors (Lipinski definition) is 0. The highest BCUT2D eigenvalue weighted by Gasteiger charge is 2.13. The van der Waals surface area contributed by atoms with Gasteiger partial charge in [0.2, 0.25) is 0 Å². The van der Waals surface area contributed by atoms with Crippen LogP contribution in [0.15, 0.2) is 0 Å². The van der Waals surface area contributed by atoms with E-state index in [1.165, 1.54) is 0 Å². The summed E-state index contributed by atoms with van der Waals surface area (Å²) in [5, 5.41) is 20.6. The summed E-state index contributed by atoms with van der Waals surface area (Å²) in [6.07, 6.45) is 0.587. The molecule has 0 aliphatic rings. The molecule has 1 atom stereocenters. The van der Waals surface area contributed by atoms with Gasteiger partial charge in [-0.15, -0.1) is 0 Å². The standard InChI is InChI=1S/C9H16O4/c1-6(2)7(9(12)13)4-3-5-8(10)11/h6-7H,3-5H2,1-2H3,(H,10,11)(H,12,13)/p-2. The van der Waals surface area contributed by atoms with E-state index in [9.17, 15) is 19.8 Å². The van der Waals surface area contributed by atoms with Gasteiger partial charge in [0.25, 0.3) is 0 Å². The third-order valence-electron chi connectivity index (χ3n) is 2.00. The quantitative estimate of drug-likeness (QED) is 0.529. The zero-order valence-corrected chi connectivity index (χ0v) is 7.91. The molecule has 0 aromatic rings. The van der Waals surface area contributed by atoms with Crippen LogP contribution in [0.5, 0.6) is 0 Å². The largest absolute Gasteiger partial charge is 0.550 e. The van der Waals surface area contributed by atoms with E-state index >= 15 is 0 Å². The molecule has 13 heavy (non-hydrogen) atoms. The van der Waals surface area contributed by atoms with Crippen LogP contribution in [0.3, 0.4) is 0 Å². The number of carbonyl (C=O) groups is 2. The fourth-order valence-corrected chi connectivity index (χ4v) is 1.19. The molecule has 0 aliphatic carbocycles. The van der Waals surface area contributed by atoms with Crippen LogP contribution in [-0.2, 0) is 9.59 Å². The Bertz CT molecular complexity index is 186. The predicted molar refractivity (Wildman–Crippen MR) is 42.2 cm³/mol. The van der Waals surface area contributed by atoms with Gasteiger partial charge < -0.3 is 19.8 Å². The average Bonchev–Trinajstić information content (AvgIpc) is 1.95. The molecule has 0 saturated heterocycles. The maximum atomic E-state index is 10.5. The SMILES string of the molecule is CC(C)C(CCCC(=O)[O-])C(=O)[O-]. The van der Waals surface area contributed by atoms with Crippen LogP contribution in [0.1, 0.15) is 33.1 Å². The van der Waals surface area contributed by atoms with Crippen molar-refractivity contribution < 1.29 is 19.8 Å². The lowest BCUT2D eigenvalue weighted by Crippen LogP contribution is -2.34. The maximum absolute atomic E-state index is 10.5. The summed E-state index contributed by atoms with van der Waals surface area (Å²) in [5.74, 6) is -2.82. The van der Waals surface area contributed by atoms with Gasteiger partial charge in [0.1, 0.15) is 0 Å². The molecule has 0 heterocycles. The summed E-state index contributed by atoms with van der Waals surface area (Å²) in [4.78, 5) is 20.6. The van der Waals surface area contributed by atoms with Crippen molar-refractivity contribution in [3.63, 3.8) is 0 Å². The molecular weight excluding hydrogens is 172 g/mol. The molecule has 0 rings (SSSR count). The Hall–Kier alpha value is -1.06. The van der Waals surface area contributed by atoms with Crippen molar-refractivity contribution in [1.29, 1.82) is 0 Å². The van der Waals surface area contributed by atoms with Crippen molar-refractivity contribution >= 4 is 11.9 Å². The molecule has 0 aromatic carbocycles. The smallest absolute Gasteiger partial charge is 0.0447 e. The highest BCUT2D eigenvalue weighted by molar-refractivity contribution is 5.68. The van der Waals surface area contributed by atoms with E-state index in [-0.39, 0.29) is 12.3 Å². The molecule has 0 saturated carbocycles. The first-order chi connectivity index (χ1) is 5.95. The minimum absolute atomic E-state index is 0.0215. The third kappa shape index (κ3) is 5.22. The maximum Gasteiger partial charge on any atom is 0.0447 e. The highest BCUT2D eigenvalue weighted by Crippen LogP contribution is 2.17. The molecule has 0 aromatic heterocycles. The number of rotatable bonds is 6. The van der Waals surface area contributed by atoms with Crippen LogP contribution in [0.2, 0.25) is 0 Å². The molecule has 0 fully saturated rings. The van der Waals surface area contributed by atoms with Crippen molar-refractivity contribution in [3.8, 4) is 0 Å². The second kappa shape index (κ2) is 5.56. The Morgan fingerprint density at radius 3 is 2.08 bits per heavy atom. The molecule has 4 nitrogen and oxygen atoms in total. The lowest BCUT2D eigenvalue weighted by Gasteiger charge is -2.21. The monoisotopic (exact) mass is 186 g/mol. The first kappa shape index (κ1) is 11.9. The van der Waals surface area contributed by atoms with Crippen LogP contribution >= 0.6 is 0 Å². The minimum atomic E-state index is -1.14. The molecule has 76 valence electrons. The molecular formula is C9H14O4-2. The Kier molecular flexibility index (Phi) is 5.11. The van der Waals surface area contributed by atoms with Gasteiger partial charge >= 0.3 is 0 Å². The second-order valence-electron chi connectivity index (χ2n) is 3.43. The topological polar surface area (TPSA) is 80.3 Å². The lowest BCUT2D eigenvalue weighted by atomic mass is 9.91. The van der Waals surface area contributed by atoms with Crippen molar-refractivity contribution in [2.24, 2.45) is 11.8 Å². The zero-order chi connectivity index (χ0) is 10.4. The average molecular weight is 186 g/mol. The normalized spacial score (nSPS) is 12.8. The molecule has 0 bridgehead atoms. The van der Waals surface area contributed by atoms with Gasteiger partial charge in [-0.25, -0.2) is 0 Å². The summed E-state index contributed by atoms with van der Waals surface area (Å²) < 4.78 is 0. The Morgan fingerprint density at radius 2 is 1.77 bits per heavy atom. The van der Waals surface area contributed by atoms with Crippen molar-refractivity contribution in [1.82, 2.24) is 0 Å². The molecule has 1 unspecified atom stereocenters. The Morgan fingerprint density at radius 1 is 1.23 bits per heavy atom. The summed E-state index contributed by atoms with van der Waals surface area (Å²) in [5.41, 5.74) is 0. The summed E-state index contributed by atoms with van der Waals surface area (Å²) in [6, 6.07) is 0. The van der Waals surface area contributed by atoms with Crippen LogP contribution < -0.4 is 10.2 Å². The first-order valence-corrected chi connectivity index (χ1v) is 4.36. The van der Waals surface area contributed by atoms with Crippen LogP contribution in [0.4, 0.5) is 0 Å². The Balaban J connectivity index is 3.84. The predicted octanol–water partition coefficient (Wildman–Crippen LogP) is -1.07. The first-order valence-electron chi connectivity index (χ1n) is 4.36. The van der Waals surface area contributed by atoms with E-state index in [4.69, 9.17) is 0 Å². The van der Waals surface area contributed by atoms with E-state index in [0.29, 0.717) is 12.8 Å². The van der Waals surface area contributed by atoms with E-state index < -0.39 is 17.9 Å². The van der Waals surface area contributed by atoms with E-state index in [2.05, 4.69) is 0 Å². The van der Waals surface area contributed by atoms with Crippen LogP contribution in [0, 0.1) is 11.8 Å². The van der Waals surface area contributed by atoms with Gasteiger partial charge in [-0.1, -0.05) is 13.8 Å². The van der Waals surface area contributed by atoms with Gasteiger partial charge in [-0.05, 0) is 25.2 Å². The molecule has 0 aliphatic heterocycles. The van der Waals surface area contributed by atoms with Crippen molar-refractivity contribution in [3.05, 3.63) is 0 Å². The molecule has 4 heteroatoms. The number of carboxylic acid groups (broad SMARTS) is 2. The zero-order valence-electron chi connectivity index (χ0n) is 7.91. The molecule has 0 spiro atoms. The fraction of sp³-hybridized carbons (Fsp3) is 0.778. The Labute approximate surface area is 77.6 Å². The van der Waals surface area contributed by atoms with Gasteiger partial charge in [0.05, 0.1) is 0 Å².